The molecular weight excluding hydrogens is 388 g/mol. The van der Waals surface area contributed by atoms with Crippen molar-refractivity contribution in [1.29, 1.82) is 0 Å². The average molecular weight is 421 g/mol. The maximum Gasteiger partial charge on any atom is 0.142 e. The molecule has 0 N–H and O–H groups in total. The summed E-state index contributed by atoms with van der Waals surface area (Å²) in [4.78, 5) is 4.99. The highest BCUT2D eigenvalue weighted by Gasteiger charge is 2.19. The first kappa shape index (κ1) is 21.4. The SMILES string of the molecule is COCc1cc(CCCN2CCN(c3ccccc3OC)CC2)n(-c2ccccc2)n1. The van der Waals surface area contributed by atoms with Gasteiger partial charge in [0.1, 0.15) is 5.75 Å². The van der Waals surface area contributed by atoms with Gasteiger partial charge in [0.05, 0.1) is 30.8 Å². The highest BCUT2D eigenvalue weighted by molar-refractivity contribution is 5.58. The number of nitrogens with zero attached hydrogens (tertiary/aromatic N) is 4. The van der Waals surface area contributed by atoms with E-state index < -0.39 is 0 Å². The van der Waals surface area contributed by atoms with Gasteiger partial charge in [-0.1, -0.05) is 30.3 Å². The Hall–Kier alpha value is -2.83. The van der Waals surface area contributed by atoms with Gasteiger partial charge < -0.3 is 14.4 Å². The van der Waals surface area contributed by atoms with Crippen LogP contribution in [0.25, 0.3) is 5.69 Å². The van der Waals surface area contributed by atoms with Crippen molar-refractivity contribution >= 4 is 5.69 Å². The molecule has 0 amide bonds. The molecular formula is C25H32N4O2. The quantitative estimate of drug-likeness (QED) is 0.527. The lowest BCUT2D eigenvalue weighted by Crippen LogP contribution is -2.46. The molecule has 2 heterocycles. The molecule has 0 spiro atoms. The van der Waals surface area contributed by atoms with Gasteiger partial charge in [0.15, 0.2) is 0 Å². The van der Waals surface area contributed by atoms with Crippen molar-refractivity contribution in [2.75, 3.05) is 51.8 Å². The third-order valence-electron chi connectivity index (χ3n) is 5.83. The van der Waals surface area contributed by atoms with Crippen molar-refractivity contribution < 1.29 is 9.47 Å². The van der Waals surface area contributed by atoms with Gasteiger partial charge >= 0.3 is 0 Å². The van der Waals surface area contributed by atoms with Crippen LogP contribution in [0.2, 0.25) is 0 Å². The zero-order chi connectivity index (χ0) is 21.5. The normalized spacial score (nSPS) is 14.7. The van der Waals surface area contributed by atoms with E-state index in [0.29, 0.717) is 6.61 Å². The summed E-state index contributed by atoms with van der Waals surface area (Å²) < 4.78 is 12.9. The number of anilines is 1. The maximum atomic E-state index is 5.53. The van der Waals surface area contributed by atoms with E-state index in [2.05, 4.69) is 56.9 Å². The number of rotatable bonds is 9. The molecule has 1 aromatic heterocycles. The maximum absolute atomic E-state index is 5.53. The van der Waals surface area contributed by atoms with Gasteiger partial charge in [-0.2, -0.15) is 5.10 Å². The Morgan fingerprint density at radius 2 is 1.65 bits per heavy atom. The van der Waals surface area contributed by atoms with E-state index in [-0.39, 0.29) is 0 Å². The molecule has 1 aliphatic heterocycles. The molecule has 1 aliphatic rings. The highest BCUT2D eigenvalue weighted by Crippen LogP contribution is 2.28. The van der Waals surface area contributed by atoms with E-state index in [1.807, 2.05) is 18.2 Å². The Morgan fingerprint density at radius 1 is 0.903 bits per heavy atom. The number of aromatic nitrogens is 2. The number of benzene rings is 2. The number of ether oxygens (including phenoxy) is 2. The zero-order valence-corrected chi connectivity index (χ0v) is 18.5. The third kappa shape index (κ3) is 5.27. The van der Waals surface area contributed by atoms with E-state index in [9.17, 15) is 0 Å². The standard InChI is InChI=1S/C25H32N4O2/c1-30-20-21-19-23(29(26-21)22-9-4-3-5-10-22)11-8-14-27-15-17-28(18-16-27)24-12-6-7-13-25(24)31-2/h3-7,9-10,12-13,19H,8,11,14-18,20H2,1-2H3. The first-order valence-electron chi connectivity index (χ1n) is 11.0. The van der Waals surface area contributed by atoms with Crippen molar-refractivity contribution in [1.82, 2.24) is 14.7 Å². The lowest BCUT2D eigenvalue weighted by atomic mass is 10.2. The summed E-state index contributed by atoms with van der Waals surface area (Å²) in [6.07, 6.45) is 2.11. The van der Waals surface area contributed by atoms with Crippen molar-refractivity contribution in [2.45, 2.75) is 19.4 Å². The molecule has 0 unspecified atom stereocenters. The molecule has 0 atom stereocenters. The van der Waals surface area contributed by atoms with E-state index >= 15 is 0 Å². The second-order valence-corrected chi connectivity index (χ2v) is 7.91. The van der Waals surface area contributed by atoms with Gasteiger partial charge in [-0.05, 0) is 49.7 Å². The van der Waals surface area contributed by atoms with E-state index in [1.54, 1.807) is 14.2 Å². The summed E-state index contributed by atoms with van der Waals surface area (Å²) in [5.41, 5.74) is 4.52. The van der Waals surface area contributed by atoms with Gasteiger partial charge in [-0.15, -0.1) is 0 Å². The van der Waals surface area contributed by atoms with Gasteiger partial charge in [-0.25, -0.2) is 4.68 Å². The fourth-order valence-electron chi connectivity index (χ4n) is 4.25. The van der Waals surface area contributed by atoms with Crippen LogP contribution < -0.4 is 9.64 Å². The van der Waals surface area contributed by atoms with Gasteiger partial charge in [0.25, 0.3) is 0 Å². The van der Waals surface area contributed by atoms with Crippen molar-refractivity contribution in [2.24, 2.45) is 0 Å². The molecule has 0 radical (unpaired) electrons. The summed E-state index contributed by atoms with van der Waals surface area (Å²) in [6.45, 7) is 5.84. The lowest BCUT2D eigenvalue weighted by molar-refractivity contribution is 0.181. The zero-order valence-electron chi connectivity index (χ0n) is 18.5. The van der Waals surface area contributed by atoms with Crippen molar-refractivity contribution in [3.8, 4) is 11.4 Å². The van der Waals surface area contributed by atoms with Gasteiger partial charge in [-0.3, -0.25) is 4.90 Å². The Balaban J connectivity index is 1.32. The van der Waals surface area contributed by atoms with Crippen LogP contribution in [0.5, 0.6) is 5.75 Å². The minimum atomic E-state index is 0.539. The number of hydrogen-bond donors (Lipinski definition) is 0. The summed E-state index contributed by atoms with van der Waals surface area (Å²) in [5.74, 6) is 0.956. The van der Waals surface area contributed by atoms with Crippen molar-refractivity contribution in [3.63, 3.8) is 0 Å². The summed E-state index contributed by atoms with van der Waals surface area (Å²) in [7, 11) is 3.46. The molecule has 164 valence electrons. The van der Waals surface area contributed by atoms with E-state index in [1.165, 1.54) is 11.4 Å². The van der Waals surface area contributed by atoms with Crippen LogP contribution in [0.4, 0.5) is 5.69 Å². The molecule has 0 saturated carbocycles. The smallest absolute Gasteiger partial charge is 0.142 e. The number of piperazine rings is 1. The van der Waals surface area contributed by atoms with Crippen LogP contribution in [0.3, 0.4) is 0 Å². The number of hydrogen-bond acceptors (Lipinski definition) is 5. The number of para-hydroxylation sites is 3. The molecule has 6 heteroatoms. The number of methoxy groups -OCH3 is 2. The highest BCUT2D eigenvalue weighted by atomic mass is 16.5. The first-order chi connectivity index (χ1) is 15.3. The second-order valence-electron chi connectivity index (χ2n) is 7.91. The Kier molecular flexibility index (Phi) is 7.22. The molecule has 6 nitrogen and oxygen atoms in total. The van der Waals surface area contributed by atoms with Crippen LogP contribution in [0.15, 0.2) is 60.7 Å². The minimum absolute atomic E-state index is 0.539. The second kappa shape index (κ2) is 10.5. The molecule has 1 fully saturated rings. The molecule has 0 aliphatic carbocycles. The topological polar surface area (TPSA) is 42.8 Å². The van der Waals surface area contributed by atoms with Crippen LogP contribution in [0.1, 0.15) is 17.8 Å². The van der Waals surface area contributed by atoms with Crippen LogP contribution in [0, 0.1) is 0 Å². The minimum Gasteiger partial charge on any atom is -0.495 e. The van der Waals surface area contributed by atoms with Crippen LogP contribution >= 0.6 is 0 Å². The Labute approximate surface area is 185 Å². The third-order valence-corrected chi connectivity index (χ3v) is 5.83. The molecule has 0 bridgehead atoms. The van der Waals surface area contributed by atoms with Gasteiger partial charge in [0, 0.05) is 39.0 Å². The lowest BCUT2D eigenvalue weighted by Gasteiger charge is -2.36. The Bertz CT molecular complexity index is 949. The molecule has 2 aromatic carbocycles. The molecule has 1 saturated heterocycles. The van der Waals surface area contributed by atoms with E-state index in [0.717, 1.165) is 62.7 Å². The van der Waals surface area contributed by atoms with Crippen LogP contribution in [-0.4, -0.2) is 61.6 Å². The number of aryl methyl sites for hydroxylation is 1. The first-order valence-corrected chi connectivity index (χ1v) is 11.0. The van der Waals surface area contributed by atoms with E-state index in [4.69, 9.17) is 14.6 Å². The van der Waals surface area contributed by atoms with Gasteiger partial charge in [0.2, 0.25) is 0 Å². The fraction of sp³-hybridized carbons (Fsp3) is 0.400. The van der Waals surface area contributed by atoms with Crippen LogP contribution in [-0.2, 0) is 17.8 Å². The monoisotopic (exact) mass is 420 g/mol. The van der Waals surface area contributed by atoms with Crippen molar-refractivity contribution in [3.05, 3.63) is 72.1 Å². The predicted molar refractivity (Wildman–Crippen MR) is 124 cm³/mol. The summed E-state index contributed by atoms with van der Waals surface area (Å²) in [6, 6.07) is 20.8. The average Bonchev–Trinajstić information content (AvgIpc) is 3.23. The summed E-state index contributed by atoms with van der Waals surface area (Å²) in [5, 5.41) is 4.75. The fourth-order valence-corrected chi connectivity index (χ4v) is 4.25. The molecule has 4 rings (SSSR count). The predicted octanol–water partition coefficient (Wildman–Crippen LogP) is 3.78. The Morgan fingerprint density at radius 3 is 2.39 bits per heavy atom. The largest absolute Gasteiger partial charge is 0.495 e. The molecule has 31 heavy (non-hydrogen) atoms. The summed E-state index contributed by atoms with van der Waals surface area (Å²) >= 11 is 0. The molecule has 3 aromatic rings.